The Morgan fingerprint density at radius 3 is 2.80 bits per heavy atom. The van der Waals surface area contributed by atoms with E-state index in [1.807, 2.05) is 31.2 Å². The molecule has 2 rings (SSSR count). The third-order valence-electron chi connectivity index (χ3n) is 2.78. The van der Waals surface area contributed by atoms with Gasteiger partial charge in [-0.25, -0.2) is 9.78 Å². The van der Waals surface area contributed by atoms with Crippen LogP contribution in [0.15, 0.2) is 24.3 Å². The van der Waals surface area contributed by atoms with Crippen LogP contribution < -0.4 is 4.74 Å². The molecular formula is C15H17NO3S. The van der Waals surface area contributed by atoms with Gasteiger partial charge in [0, 0.05) is 5.56 Å². The molecule has 0 fully saturated rings. The number of hydrogen-bond donors (Lipinski definition) is 1. The number of hydrogen-bond acceptors (Lipinski definition) is 4. The van der Waals surface area contributed by atoms with Gasteiger partial charge < -0.3 is 9.84 Å². The molecule has 4 nitrogen and oxygen atoms in total. The summed E-state index contributed by atoms with van der Waals surface area (Å²) in [6.07, 6.45) is 1.56. The van der Waals surface area contributed by atoms with Crippen LogP contribution in [0.25, 0.3) is 10.6 Å². The monoisotopic (exact) mass is 291 g/mol. The molecule has 1 aromatic carbocycles. The fraction of sp³-hybridized carbons (Fsp3) is 0.333. The fourth-order valence-corrected chi connectivity index (χ4v) is 2.81. The van der Waals surface area contributed by atoms with E-state index in [4.69, 9.17) is 4.74 Å². The van der Waals surface area contributed by atoms with Crippen molar-refractivity contribution in [3.63, 3.8) is 0 Å². The summed E-state index contributed by atoms with van der Waals surface area (Å²) in [5.74, 6) is -0.126. The zero-order valence-corrected chi connectivity index (χ0v) is 12.4. The normalized spacial score (nSPS) is 10.5. The van der Waals surface area contributed by atoms with Gasteiger partial charge in [0.25, 0.3) is 0 Å². The molecule has 0 amide bonds. The highest BCUT2D eigenvalue weighted by molar-refractivity contribution is 7.17. The van der Waals surface area contributed by atoms with Crippen LogP contribution in [0.3, 0.4) is 0 Å². The topological polar surface area (TPSA) is 59.4 Å². The van der Waals surface area contributed by atoms with Crippen molar-refractivity contribution >= 4 is 17.3 Å². The van der Waals surface area contributed by atoms with Gasteiger partial charge in [-0.05, 0) is 25.0 Å². The predicted molar refractivity (Wildman–Crippen MR) is 79.7 cm³/mol. The van der Waals surface area contributed by atoms with Gasteiger partial charge in [-0.15, -0.1) is 11.3 Å². The van der Waals surface area contributed by atoms with Gasteiger partial charge in [-0.3, -0.25) is 0 Å². The van der Waals surface area contributed by atoms with Crippen molar-refractivity contribution < 1.29 is 14.6 Å². The molecule has 0 aliphatic rings. The van der Waals surface area contributed by atoms with Gasteiger partial charge in [0.2, 0.25) is 0 Å². The summed E-state index contributed by atoms with van der Waals surface area (Å²) in [7, 11) is 0. The quantitative estimate of drug-likeness (QED) is 0.878. The molecule has 0 radical (unpaired) electrons. The maximum absolute atomic E-state index is 11.2. The Hall–Kier alpha value is -1.88. The Morgan fingerprint density at radius 2 is 2.20 bits per heavy atom. The van der Waals surface area contributed by atoms with Gasteiger partial charge in [0.1, 0.15) is 15.6 Å². The van der Waals surface area contributed by atoms with Crippen LogP contribution >= 0.6 is 11.3 Å². The molecular weight excluding hydrogens is 274 g/mol. The number of carboxylic acid groups (broad SMARTS) is 1. The first-order valence-corrected chi connectivity index (χ1v) is 7.43. The Bertz CT molecular complexity index is 607. The van der Waals surface area contributed by atoms with Crippen LogP contribution in [-0.4, -0.2) is 22.7 Å². The molecule has 0 saturated carbocycles. The van der Waals surface area contributed by atoms with Gasteiger partial charge in [-0.1, -0.05) is 26.0 Å². The molecule has 0 aliphatic heterocycles. The zero-order chi connectivity index (χ0) is 14.5. The lowest BCUT2D eigenvalue weighted by atomic mass is 10.2. The standard InChI is InChI=1S/C15H17NO3S/c1-3-8-19-11-7-5-6-10(9-11)14-16-12(4-2)13(20-14)15(17)18/h5-7,9H,3-4,8H2,1-2H3,(H,17,18). The number of aryl methyl sites for hydroxylation is 1. The molecule has 2 aromatic rings. The van der Waals surface area contributed by atoms with Crippen molar-refractivity contribution in [2.24, 2.45) is 0 Å². The summed E-state index contributed by atoms with van der Waals surface area (Å²) < 4.78 is 5.59. The SMILES string of the molecule is CCCOc1cccc(-c2nc(CC)c(C(=O)O)s2)c1. The molecule has 0 saturated heterocycles. The van der Waals surface area contributed by atoms with E-state index >= 15 is 0 Å². The third kappa shape index (κ3) is 3.17. The number of rotatable bonds is 6. The van der Waals surface area contributed by atoms with Crippen LogP contribution in [-0.2, 0) is 6.42 Å². The lowest BCUT2D eigenvalue weighted by molar-refractivity contribution is 0.0701. The highest BCUT2D eigenvalue weighted by Crippen LogP contribution is 2.30. The number of aromatic carboxylic acids is 1. The summed E-state index contributed by atoms with van der Waals surface area (Å²) in [5, 5.41) is 9.90. The van der Waals surface area contributed by atoms with Crippen molar-refractivity contribution in [1.82, 2.24) is 4.98 Å². The minimum absolute atomic E-state index is 0.322. The number of carboxylic acids is 1. The molecule has 1 heterocycles. The van der Waals surface area contributed by atoms with Crippen molar-refractivity contribution in [1.29, 1.82) is 0 Å². The van der Waals surface area contributed by atoms with Crippen LogP contribution in [0.4, 0.5) is 0 Å². The van der Waals surface area contributed by atoms with Crippen LogP contribution in [0, 0.1) is 0 Å². The molecule has 0 spiro atoms. The molecule has 106 valence electrons. The summed E-state index contributed by atoms with van der Waals surface area (Å²) in [4.78, 5) is 15.9. The predicted octanol–water partition coefficient (Wildman–Crippen LogP) is 3.86. The minimum Gasteiger partial charge on any atom is -0.494 e. The zero-order valence-electron chi connectivity index (χ0n) is 11.5. The molecule has 1 aromatic heterocycles. The van der Waals surface area contributed by atoms with Crippen LogP contribution in [0.2, 0.25) is 0 Å². The summed E-state index contributed by atoms with van der Waals surface area (Å²) in [6.45, 7) is 4.63. The molecule has 0 aliphatic carbocycles. The molecule has 0 unspecified atom stereocenters. The lowest BCUT2D eigenvalue weighted by Gasteiger charge is -2.05. The summed E-state index contributed by atoms with van der Waals surface area (Å²) >= 11 is 1.21. The highest BCUT2D eigenvalue weighted by Gasteiger charge is 2.17. The first-order chi connectivity index (χ1) is 9.65. The summed E-state index contributed by atoms with van der Waals surface area (Å²) in [6, 6.07) is 7.61. The van der Waals surface area contributed by atoms with Crippen molar-refractivity contribution in [2.75, 3.05) is 6.61 Å². The average Bonchev–Trinajstić information content (AvgIpc) is 2.90. The molecule has 0 atom stereocenters. The Kier molecular flexibility index (Phi) is 4.74. The summed E-state index contributed by atoms with van der Waals surface area (Å²) in [5.41, 5.74) is 1.53. The Balaban J connectivity index is 2.33. The van der Waals surface area contributed by atoms with Crippen LogP contribution in [0.1, 0.15) is 35.6 Å². The second-order valence-corrected chi connectivity index (χ2v) is 5.33. The number of benzene rings is 1. The van der Waals surface area contributed by atoms with Gasteiger partial charge in [0.05, 0.1) is 12.3 Å². The molecule has 1 N–H and O–H groups in total. The van der Waals surface area contributed by atoms with E-state index in [1.54, 1.807) is 0 Å². The molecule has 5 heteroatoms. The van der Waals surface area contributed by atoms with Gasteiger partial charge >= 0.3 is 5.97 Å². The van der Waals surface area contributed by atoms with E-state index in [9.17, 15) is 9.90 Å². The second kappa shape index (κ2) is 6.52. The largest absolute Gasteiger partial charge is 0.494 e. The number of carbonyl (C=O) groups is 1. The fourth-order valence-electron chi connectivity index (χ4n) is 1.82. The Morgan fingerprint density at radius 1 is 1.40 bits per heavy atom. The van der Waals surface area contributed by atoms with Crippen molar-refractivity contribution in [2.45, 2.75) is 26.7 Å². The third-order valence-corrected chi connectivity index (χ3v) is 3.92. The van der Waals surface area contributed by atoms with E-state index in [2.05, 4.69) is 11.9 Å². The first-order valence-electron chi connectivity index (χ1n) is 6.62. The van der Waals surface area contributed by atoms with Crippen molar-refractivity contribution in [3.8, 4) is 16.3 Å². The number of thiazole rings is 1. The van der Waals surface area contributed by atoms with Gasteiger partial charge in [0.15, 0.2) is 0 Å². The van der Waals surface area contributed by atoms with E-state index in [0.29, 0.717) is 23.6 Å². The molecule has 0 bridgehead atoms. The minimum atomic E-state index is -0.913. The van der Waals surface area contributed by atoms with E-state index in [-0.39, 0.29) is 0 Å². The second-order valence-electron chi connectivity index (χ2n) is 4.33. The number of nitrogens with zero attached hydrogens (tertiary/aromatic N) is 1. The highest BCUT2D eigenvalue weighted by atomic mass is 32.1. The molecule has 20 heavy (non-hydrogen) atoms. The number of ether oxygens (including phenoxy) is 1. The lowest BCUT2D eigenvalue weighted by Crippen LogP contribution is -1.97. The maximum atomic E-state index is 11.2. The maximum Gasteiger partial charge on any atom is 0.347 e. The van der Waals surface area contributed by atoms with Gasteiger partial charge in [-0.2, -0.15) is 0 Å². The van der Waals surface area contributed by atoms with E-state index in [1.165, 1.54) is 11.3 Å². The smallest absolute Gasteiger partial charge is 0.347 e. The van der Waals surface area contributed by atoms with E-state index in [0.717, 1.165) is 22.7 Å². The Labute approximate surface area is 122 Å². The van der Waals surface area contributed by atoms with Crippen molar-refractivity contribution in [3.05, 3.63) is 34.8 Å². The van der Waals surface area contributed by atoms with E-state index < -0.39 is 5.97 Å². The first kappa shape index (κ1) is 14.5. The van der Waals surface area contributed by atoms with Crippen LogP contribution in [0.5, 0.6) is 5.75 Å². The average molecular weight is 291 g/mol. The number of aromatic nitrogens is 1.